The lowest BCUT2D eigenvalue weighted by Crippen LogP contribution is -2.58. The van der Waals surface area contributed by atoms with Crippen LogP contribution in [0.5, 0.6) is 0 Å². The van der Waals surface area contributed by atoms with Gasteiger partial charge in [-0.2, -0.15) is 0 Å². The predicted octanol–water partition coefficient (Wildman–Crippen LogP) is -1.25. The Morgan fingerprint density at radius 1 is 1.45 bits per heavy atom. The lowest BCUT2D eigenvalue weighted by molar-refractivity contribution is -0.230. The van der Waals surface area contributed by atoms with Gasteiger partial charge in [0.25, 0.3) is 0 Å². The molecule has 1 rings (SSSR count). The van der Waals surface area contributed by atoms with Crippen LogP contribution in [0.2, 0.25) is 0 Å². The third-order valence-corrected chi connectivity index (χ3v) is 1.89. The summed E-state index contributed by atoms with van der Waals surface area (Å²) in [6.07, 6.45) is -5.22. The molecule has 0 aromatic heterocycles. The first-order chi connectivity index (χ1) is 5.04. The fraction of sp³-hybridized carbons (Fsp3) is 1.00. The van der Waals surface area contributed by atoms with Crippen LogP contribution in [0.1, 0.15) is 6.92 Å². The van der Waals surface area contributed by atoms with E-state index in [1.807, 2.05) is 0 Å². The molecule has 0 aromatic rings. The standard InChI is InChI=1S/C6H12FNO3/c1-2-4(8)5(9)3(7)6(10)11-2/h2-6,9-10H,8H2,1H3/t2-,3+,4-,5-,6+/m0/s1. The minimum Gasteiger partial charge on any atom is -0.388 e. The van der Waals surface area contributed by atoms with Gasteiger partial charge in [0.1, 0.15) is 6.10 Å². The topological polar surface area (TPSA) is 75.7 Å². The normalized spacial score (nSPS) is 52.6. The van der Waals surface area contributed by atoms with Crippen LogP contribution >= 0.6 is 0 Å². The molecule has 0 aliphatic carbocycles. The van der Waals surface area contributed by atoms with Crippen molar-refractivity contribution in [2.24, 2.45) is 5.73 Å². The molecule has 0 spiro atoms. The van der Waals surface area contributed by atoms with Gasteiger partial charge in [0.05, 0.1) is 12.1 Å². The van der Waals surface area contributed by atoms with Crippen molar-refractivity contribution in [2.75, 3.05) is 0 Å². The maximum absolute atomic E-state index is 12.7. The number of aliphatic hydroxyl groups is 2. The second-order valence-corrected chi connectivity index (χ2v) is 2.74. The average Bonchev–Trinajstić information content (AvgIpc) is 1.97. The minimum atomic E-state index is -1.80. The molecule has 4 nitrogen and oxygen atoms in total. The second-order valence-electron chi connectivity index (χ2n) is 2.74. The number of hydrogen-bond donors (Lipinski definition) is 3. The molecular formula is C6H12FNO3. The first kappa shape index (κ1) is 8.86. The molecule has 4 N–H and O–H groups in total. The van der Waals surface area contributed by atoms with Gasteiger partial charge in [-0.15, -0.1) is 0 Å². The number of nitrogens with two attached hydrogens (primary N) is 1. The molecule has 5 heteroatoms. The fourth-order valence-corrected chi connectivity index (χ4v) is 1.04. The third-order valence-electron chi connectivity index (χ3n) is 1.89. The molecule has 11 heavy (non-hydrogen) atoms. The maximum atomic E-state index is 12.7. The van der Waals surface area contributed by atoms with E-state index in [1.54, 1.807) is 6.92 Å². The van der Waals surface area contributed by atoms with E-state index in [4.69, 9.17) is 15.9 Å². The van der Waals surface area contributed by atoms with E-state index in [0.29, 0.717) is 0 Å². The monoisotopic (exact) mass is 165 g/mol. The third kappa shape index (κ3) is 1.51. The average molecular weight is 165 g/mol. The molecule has 1 heterocycles. The van der Waals surface area contributed by atoms with E-state index in [-0.39, 0.29) is 0 Å². The molecule has 0 unspecified atom stereocenters. The van der Waals surface area contributed by atoms with E-state index in [9.17, 15) is 4.39 Å². The van der Waals surface area contributed by atoms with E-state index >= 15 is 0 Å². The zero-order valence-corrected chi connectivity index (χ0v) is 6.14. The highest BCUT2D eigenvalue weighted by Gasteiger charge is 2.41. The van der Waals surface area contributed by atoms with Crippen molar-refractivity contribution < 1.29 is 19.3 Å². The molecular weight excluding hydrogens is 153 g/mol. The molecule has 1 aliphatic rings. The van der Waals surface area contributed by atoms with Gasteiger partial charge in [0, 0.05) is 0 Å². The van der Waals surface area contributed by atoms with Crippen molar-refractivity contribution >= 4 is 0 Å². The summed E-state index contributed by atoms with van der Waals surface area (Å²) >= 11 is 0. The van der Waals surface area contributed by atoms with Gasteiger partial charge in [-0.05, 0) is 6.92 Å². The molecule has 1 saturated heterocycles. The van der Waals surface area contributed by atoms with Crippen molar-refractivity contribution in [3.05, 3.63) is 0 Å². The van der Waals surface area contributed by atoms with Crippen molar-refractivity contribution in [3.8, 4) is 0 Å². The summed E-state index contributed by atoms with van der Waals surface area (Å²) in [5, 5.41) is 17.9. The van der Waals surface area contributed by atoms with Crippen molar-refractivity contribution in [1.82, 2.24) is 0 Å². The molecule has 1 fully saturated rings. The van der Waals surface area contributed by atoms with Gasteiger partial charge < -0.3 is 20.7 Å². The summed E-state index contributed by atoms with van der Waals surface area (Å²) in [5.41, 5.74) is 5.35. The maximum Gasteiger partial charge on any atom is 0.189 e. The highest BCUT2D eigenvalue weighted by Crippen LogP contribution is 2.20. The highest BCUT2D eigenvalue weighted by molar-refractivity contribution is 4.89. The van der Waals surface area contributed by atoms with Crippen LogP contribution in [0.3, 0.4) is 0 Å². The van der Waals surface area contributed by atoms with Gasteiger partial charge in [0.2, 0.25) is 0 Å². The van der Waals surface area contributed by atoms with Gasteiger partial charge in [0.15, 0.2) is 12.5 Å². The summed E-state index contributed by atoms with van der Waals surface area (Å²) in [4.78, 5) is 0. The number of ether oxygens (including phenoxy) is 1. The lowest BCUT2D eigenvalue weighted by atomic mass is 9.99. The zero-order valence-electron chi connectivity index (χ0n) is 6.14. The number of aliphatic hydroxyl groups excluding tert-OH is 2. The molecule has 0 saturated carbocycles. The van der Waals surface area contributed by atoms with Gasteiger partial charge in [-0.3, -0.25) is 0 Å². The van der Waals surface area contributed by atoms with Crippen molar-refractivity contribution in [2.45, 2.75) is 37.6 Å². The summed E-state index contributed by atoms with van der Waals surface area (Å²) in [6, 6.07) is -0.770. The van der Waals surface area contributed by atoms with Crippen LogP contribution in [-0.4, -0.2) is 40.9 Å². The Kier molecular flexibility index (Phi) is 2.43. The van der Waals surface area contributed by atoms with Crippen LogP contribution < -0.4 is 5.73 Å². The van der Waals surface area contributed by atoms with Crippen molar-refractivity contribution in [1.29, 1.82) is 0 Å². The van der Waals surface area contributed by atoms with Crippen LogP contribution in [0.25, 0.3) is 0 Å². The Hall–Kier alpha value is -0.230. The van der Waals surface area contributed by atoms with Crippen LogP contribution in [-0.2, 0) is 4.74 Å². The number of halogens is 1. The summed E-state index contributed by atoms with van der Waals surface area (Å²) < 4.78 is 17.4. The summed E-state index contributed by atoms with van der Waals surface area (Å²) in [7, 11) is 0. The zero-order chi connectivity index (χ0) is 8.59. The number of alkyl halides is 1. The largest absolute Gasteiger partial charge is 0.388 e. The Labute approximate surface area is 63.8 Å². The van der Waals surface area contributed by atoms with Gasteiger partial charge in [-0.25, -0.2) is 4.39 Å². The van der Waals surface area contributed by atoms with E-state index in [2.05, 4.69) is 4.74 Å². The minimum absolute atomic E-state index is 0.521. The molecule has 0 bridgehead atoms. The van der Waals surface area contributed by atoms with E-state index < -0.39 is 30.7 Å². The van der Waals surface area contributed by atoms with Crippen molar-refractivity contribution in [3.63, 3.8) is 0 Å². The molecule has 0 amide bonds. The Morgan fingerprint density at radius 3 is 2.55 bits per heavy atom. The molecule has 5 atom stereocenters. The molecule has 0 aromatic carbocycles. The molecule has 0 radical (unpaired) electrons. The second kappa shape index (κ2) is 3.02. The first-order valence-corrected chi connectivity index (χ1v) is 3.45. The molecule has 66 valence electrons. The lowest BCUT2D eigenvalue weighted by Gasteiger charge is -2.36. The Morgan fingerprint density at radius 2 is 2.00 bits per heavy atom. The fourth-order valence-electron chi connectivity index (χ4n) is 1.04. The van der Waals surface area contributed by atoms with E-state index in [1.165, 1.54) is 0 Å². The Balaban J connectivity index is 2.63. The number of hydrogen-bond acceptors (Lipinski definition) is 4. The van der Waals surface area contributed by atoms with Gasteiger partial charge >= 0.3 is 0 Å². The summed E-state index contributed by atoms with van der Waals surface area (Å²) in [6.45, 7) is 1.57. The Bertz CT molecular complexity index is 132. The van der Waals surface area contributed by atoms with Crippen LogP contribution in [0.4, 0.5) is 4.39 Å². The van der Waals surface area contributed by atoms with Crippen LogP contribution in [0, 0.1) is 0 Å². The smallest absolute Gasteiger partial charge is 0.189 e. The van der Waals surface area contributed by atoms with Gasteiger partial charge in [-0.1, -0.05) is 0 Å². The molecule has 1 aliphatic heterocycles. The SMILES string of the molecule is C[C@@H]1O[C@@H](O)[C@H](F)[C@H](O)[C@H]1N. The number of rotatable bonds is 0. The van der Waals surface area contributed by atoms with E-state index in [0.717, 1.165) is 0 Å². The highest BCUT2D eigenvalue weighted by atomic mass is 19.1. The van der Waals surface area contributed by atoms with Crippen LogP contribution in [0.15, 0.2) is 0 Å². The quantitative estimate of drug-likeness (QED) is 0.419. The summed E-state index contributed by atoms with van der Waals surface area (Å²) in [5.74, 6) is 0. The predicted molar refractivity (Wildman–Crippen MR) is 35.4 cm³/mol. The first-order valence-electron chi connectivity index (χ1n) is 3.45.